The van der Waals surface area contributed by atoms with E-state index in [1.165, 1.54) is 0 Å². The zero-order chi connectivity index (χ0) is 32.3. The summed E-state index contributed by atoms with van der Waals surface area (Å²) >= 11 is 1.63. The minimum absolute atomic E-state index is 0.0229. The van der Waals surface area contributed by atoms with Gasteiger partial charge in [0, 0.05) is 75.9 Å². The molecule has 0 amide bonds. The molecule has 2 fully saturated rings. The lowest BCUT2D eigenvalue weighted by molar-refractivity contribution is -0.139. The van der Waals surface area contributed by atoms with Crippen LogP contribution in [0.5, 0.6) is 5.75 Å². The molecule has 5 N–H and O–H groups in total. The van der Waals surface area contributed by atoms with Crippen LogP contribution in [0.1, 0.15) is 55.3 Å². The van der Waals surface area contributed by atoms with Crippen molar-refractivity contribution >= 4 is 35.6 Å². The normalized spacial score (nSPS) is 21.7. The van der Waals surface area contributed by atoms with Gasteiger partial charge in [0.15, 0.2) is 0 Å². The highest BCUT2D eigenvalue weighted by Crippen LogP contribution is 2.38. The minimum Gasteiger partial charge on any atom is -0.496 e. The first-order valence-electron chi connectivity index (χ1n) is 13.5. The maximum absolute atomic E-state index is 12.3. The van der Waals surface area contributed by atoms with Gasteiger partial charge in [-0.05, 0) is 36.1 Å². The van der Waals surface area contributed by atoms with E-state index in [1.807, 2.05) is 22.8 Å². The highest BCUT2D eigenvalue weighted by molar-refractivity contribution is 7.99. The number of rotatable bonds is 5. The Labute approximate surface area is 253 Å². The smallest absolute Gasteiger partial charge is 0.321 e. The van der Waals surface area contributed by atoms with E-state index in [-0.39, 0.29) is 10.9 Å². The van der Waals surface area contributed by atoms with E-state index < -0.39 is 29.9 Å². The second-order valence-electron chi connectivity index (χ2n) is 10.3. The first-order valence-corrected chi connectivity index (χ1v) is 14.5. The number of aliphatic carboxylic acids is 4. The number of piperidine rings is 1. The molecule has 3 aliphatic heterocycles. The Morgan fingerprint density at radius 1 is 0.953 bits per heavy atom. The molecule has 3 aliphatic rings. The van der Waals surface area contributed by atoms with Crippen LogP contribution in [-0.2, 0) is 32.3 Å². The Morgan fingerprint density at radius 2 is 1.58 bits per heavy atom. The van der Waals surface area contributed by atoms with Gasteiger partial charge in [-0.1, -0.05) is 12.1 Å². The number of carboxylic acid groups (broad SMARTS) is 4. The van der Waals surface area contributed by atoms with Crippen molar-refractivity contribution in [3.05, 3.63) is 63.6 Å². The highest BCUT2D eigenvalue weighted by Gasteiger charge is 2.35. The molecule has 43 heavy (non-hydrogen) atoms. The molecule has 0 radical (unpaired) electrons. The number of likely N-dealkylation sites (tertiary alicyclic amines) is 1. The van der Waals surface area contributed by atoms with Gasteiger partial charge in [0.1, 0.15) is 11.8 Å². The summed E-state index contributed by atoms with van der Waals surface area (Å²) in [5, 5.41) is 34.7. The van der Waals surface area contributed by atoms with Gasteiger partial charge in [-0.15, -0.1) is 11.8 Å². The molecule has 2 saturated heterocycles. The van der Waals surface area contributed by atoms with Crippen molar-refractivity contribution in [2.45, 2.75) is 57.6 Å². The Kier molecular flexibility index (Phi) is 13.7. The molecule has 2 bridgehead atoms. The molecule has 4 heterocycles. The number of carbonyl (C=O) groups is 4. The number of hydrogen-bond donors (Lipinski definition) is 5. The molecular weight excluding hydrogens is 582 g/mol. The van der Waals surface area contributed by atoms with Crippen LogP contribution < -0.4 is 15.6 Å². The van der Waals surface area contributed by atoms with Gasteiger partial charge in [-0.25, -0.2) is 0 Å². The number of methoxy groups -OCH3 is 1. The molecule has 0 saturated carbocycles. The maximum atomic E-state index is 12.3. The fourth-order valence-corrected chi connectivity index (χ4v) is 6.48. The second-order valence-corrected chi connectivity index (χ2v) is 11.4. The average molecular weight is 622 g/mol. The molecule has 5 rings (SSSR count). The molecule has 236 valence electrons. The molecule has 2 unspecified atom stereocenters. The molecule has 2 aromatic rings. The molecule has 13 nitrogen and oxygen atoms in total. The van der Waals surface area contributed by atoms with Gasteiger partial charge >= 0.3 is 5.97 Å². The van der Waals surface area contributed by atoms with Gasteiger partial charge in [-0.3, -0.25) is 34.2 Å². The van der Waals surface area contributed by atoms with Crippen LogP contribution in [0.4, 0.5) is 0 Å². The van der Waals surface area contributed by atoms with Crippen LogP contribution in [-0.4, -0.2) is 85.8 Å². The largest absolute Gasteiger partial charge is 0.496 e. The standard InChI is InChI=1S/C23H27N3O4S.3C2H4O2/c1-30-20-6-5-15(22-24-18(13-31-22)23(28)29)8-17(20)12-25-9-14-7-16(11-25)19-3-2-4-21(27)26(19)10-14;3*1-2(3)4/h2-6,8,14,16,18,22,24H,7,9-13H2,1H3,(H,28,29);3*1H3,(H,3,4)/t14-,16+,18?,22?;;;/m0.../s1. The topological polar surface area (TPSA) is 196 Å². The van der Waals surface area contributed by atoms with Gasteiger partial charge in [0.05, 0.1) is 12.5 Å². The van der Waals surface area contributed by atoms with Crippen molar-refractivity contribution in [2.24, 2.45) is 5.92 Å². The van der Waals surface area contributed by atoms with Crippen LogP contribution in [0, 0.1) is 5.92 Å². The van der Waals surface area contributed by atoms with E-state index in [9.17, 15) is 14.7 Å². The summed E-state index contributed by atoms with van der Waals surface area (Å²) < 4.78 is 7.59. The van der Waals surface area contributed by atoms with Crippen molar-refractivity contribution in [3.8, 4) is 5.75 Å². The summed E-state index contributed by atoms with van der Waals surface area (Å²) in [6.45, 7) is 6.70. The number of aromatic nitrogens is 1. The van der Waals surface area contributed by atoms with Gasteiger partial charge in [0.2, 0.25) is 0 Å². The Bertz CT molecular complexity index is 1310. The zero-order valence-electron chi connectivity index (χ0n) is 24.6. The number of carboxylic acids is 4. The Balaban J connectivity index is 0.000000462. The fourth-order valence-electron chi connectivity index (χ4n) is 5.26. The van der Waals surface area contributed by atoms with Crippen molar-refractivity contribution in [2.75, 3.05) is 26.0 Å². The second kappa shape index (κ2) is 16.7. The molecule has 0 aliphatic carbocycles. The van der Waals surface area contributed by atoms with Crippen LogP contribution >= 0.6 is 11.8 Å². The monoisotopic (exact) mass is 621 g/mol. The van der Waals surface area contributed by atoms with E-state index >= 15 is 0 Å². The van der Waals surface area contributed by atoms with E-state index in [2.05, 4.69) is 22.3 Å². The number of ether oxygens (including phenoxy) is 1. The SMILES string of the molecule is CC(=O)O.CC(=O)O.CC(=O)O.COc1ccc(C2NC(C(=O)O)CS2)cc1CN1C[C@@H]2C[C@H](C1)c1cccc(=O)n1C2. The third-order valence-electron chi connectivity index (χ3n) is 6.64. The lowest BCUT2D eigenvalue weighted by atomic mass is 9.83. The van der Waals surface area contributed by atoms with Crippen LogP contribution in [0.3, 0.4) is 0 Å². The van der Waals surface area contributed by atoms with Crippen molar-refractivity contribution in [1.82, 2.24) is 14.8 Å². The number of pyridine rings is 1. The summed E-state index contributed by atoms with van der Waals surface area (Å²) in [6, 6.07) is 11.3. The summed E-state index contributed by atoms with van der Waals surface area (Å²) in [5.74, 6) is -1.03. The van der Waals surface area contributed by atoms with Gasteiger partial charge < -0.3 is 29.7 Å². The average Bonchev–Trinajstić information content (AvgIpc) is 3.39. The number of fused-ring (bicyclic) bond motifs is 4. The van der Waals surface area contributed by atoms with Crippen LogP contribution in [0.2, 0.25) is 0 Å². The quantitative estimate of drug-likeness (QED) is 0.327. The predicted octanol–water partition coefficient (Wildman–Crippen LogP) is 2.54. The first kappa shape index (κ1) is 35.3. The summed E-state index contributed by atoms with van der Waals surface area (Å²) in [5.41, 5.74) is 3.46. The fraction of sp³-hybridized carbons (Fsp3) is 0.483. The lowest BCUT2D eigenvalue weighted by Crippen LogP contribution is -2.46. The molecule has 0 spiro atoms. The molecular formula is C29H39N3O10S. The van der Waals surface area contributed by atoms with Crippen LogP contribution in [0.25, 0.3) is 0 Å². The van der Waals surface area contributed by atoms with E-state index in [0.29, 0.717) is 17.6 Å². The Morgan fingerprint density at radius 3 is 2.14 bits per heavy atom. The number of thioether (sulfide) groups is 1. The van der Waals surface area contributed by atoms with E-state index in [1.54, 1.807) is 24.9 Å². The lowest BCUT2D eigenvalue weighted by Gasteiger charge is -2.43. The zero-order valence-corrected chi connectivity index (χ0v) is 25.4. The molecule has 4 atom stereocenters. The Hall–Kier alpha value is -3.88. The predicted molar refractivity (Wildman–Crippen MR) is 160 cm³/mol. The van der Waals surface area contributed by atoms with Gasteiger partial charge in [0.25, 0.3) is 23.5 Å². The molecule has 1 aromatic heterocycles. The molecule has 14 heteroatoms. The van der Waals surface area contributed by atoms with E-state index in [0.717, 1.165) is 75.9 Å². The third kappa shape index (κ3) is 11.4. The van der Waals surface area contributed by atoms with Crippen molar-refractivity contribution in [3.63, 3.8) is 0 Å². The molecule has 1 aromatic carbocycles. The van der Waals surface area contributed by atoms with E-state index in [4.69, 9.17) is 34.4 Å². The number of benzene rings is 1. The van der Waals surface area contributed by atoms with Crippen molar-refractivity contribution in [1.29, 1.82) is 0 Å². The minimum atomic E-state index is -0.833. The number of hydrogen-bond acceptors (Lipinski definition) is 9. The first-order chi connectivity index (χ1) is 20.2. The maximum Gasteiger partial charge on any atom is 0.321 e. The third-order valence-corrected chi connectivity index (χ3v) is 7.90. The van der Waals surface area contributed by atoms with Crippen molar-refractivity contribution < 1.29 is 44.3 Å². The van der Waals surface area contributed by atoms with Crippen LogP contribution in [0.15, 0.2) is 41.2 Å². The number of nitrogens with zero attached hydrogens (tertiary/aromatic N) is 2. The summed E-state index contributed by atoms with van der Waals surface area (Å²) in [7, 11) is 1.69. The highest BCUT2D eigenvalue weighted by atomic mass is 32.2. The van der Waals surface area contributed by atoms with Gasteiger partial charge in [-0.2, -0.15) is 0 Å². The number of nitrogens with one attached hydrogen (secondary N) is 1. The summed E-state index contributed by atoms with van der Waals surface area (Å²) in [4.78, 5) is 53.0. The summed E-state index contributed by atoms with van der Waals surface area (Å²) in [6.07, 6.45) is 1.14.